The highest BCUT2D eigenvalue weighted by atomic mass is 35.5. The maximum Gasteiger partial charge on any atom is 0.278 e. The number of carbonyl (C=O) groups is 2. The van der Waals surface area contributed by atoms with E-state index in [1.54, 1.807) is 36.5 Å². The van der Waals surface area contributed by atoms with Crippen molar-refractivity contribution in [2.24, 2.45) is 0 Å². The molecular formula is C20H17ClN4O3. The number of hydrogen-bond donors (Lipinski definition) is 2. The van der Waals surface area contributed by atoms with Gasteiger partial charge >= 0.3 is 0 Å². The van der Waals surface area contributed by atoms with E-state index >= 15 is 0 Å². The minimum atomic E-state index is -1.71. The SMILES string of the molecule is Cc1nccn1-c1ccc(NC(=O)C2(C)Oc3ccc(Cl)cc3NC2=O)cc1. The van der Waals surface area contributed by atoms with Crippen molar-refractivity contribution in [3.05, 3.63) is 65.7 Å². The van der Waals surface area contributed by atoms with Gasteiger partial charge in [-0.3, -0.25) is 9.59 Å². The molecule has 2 heterocycles. The van der Waals surface area contributed by atoms with E-state index in [1.807, 2.05) is 29.8 Å². The van der Waals surface area contributed by atoms with Crippen LogP contribution in [0.25, 0.3) is 5.69 Å². The number of rotatable bonds is 3. The molecule has 142 valence electrons. The summed E-state index contributed by atoms with van der Waals surface area (Å²) in [7, 11) is 0. The lowest BCUT2D eigenvalue weighted by atomic mass is 10.0. The number of anilines is 2. The lowest BCUT2D eigenvalue weighted by molar-refractivity contribution is -0.143. The summed E-state index contributed by atoms with van der Waals surface area (Å²) in [6.45, 7) is 3.33. The van der Waals surface area contributed by atoms with E-state index in [0.717, 1.165) is 11.5 Å². The van der Waals surface area contributed by atoms with Gasteiger partial charge in [-0.15, -0.1) is 0 Å². The highest BCUT2D eigenvalue weighted by Crippen LogP contribution is 2.36. The Bertz CT molecular complexity index is 1080. The highest BCUT2D eigenvalue weighted by molar-refractivity contribution is 6.31. The zero-order valence-corrected chi connectivity index (χ0v) is 15.9. The van der Waals surface area contributed by atoms with Crippen LogP contribution < -0.4 is 15.4 Å². The number of nitrogens with one attached hydrogen (secondary N) is 2. The van der Waals surface area contributed by atoms with E-state index < -0.39 is 17.4 Å². The van der Waals surface area contributed by atoms with Crippen molar-refractivity contribution in [3.8, 4) is 11.4 Å². The second-order valence-electron chi connectivity index (χ2n) is 6.58. The van der Waals surface area contributed by atoms with Gasteiger partial charge in [0.25, 0.3) is 17.4 Å². The van der Waals surface area contributed by atoms with Crippen LogP contribution in [0.3, 0.4) is 0 Å². The molecule has 2 N–H and O–H groups in total. The summed E-state index contributed by atoms with van der Waals surface area (Å²) >= 11 is 5.93. The van der Waals surface area contributed by atoms with Crippen LogP contribution in [0.2, 0.25) is 5.02 Å². The van der Waals surface area contributed by atoms with Gasteiger partial charge < -0.3 is 19.9 Å². The highest BCUT2D eigenvalue weighted by Gasteiger charge is 2.47. The summed E-state index contributed by atoms with van der Waals surface area (Å²) in [4.78, 5) is 29.5. The van der Waals surface area contributed by atoms with Crippen LogP contribution in [0.5, 0.6) is 5.75 Å². The second kappa shape index (κ2) is 6.69. The number of aryl methyl sites for hydroxylation is 1. The van der Waals surface area contributed by atoms with E-state index in [-0.39, 0.29) is 0 Å². The predicted molar refractivity (Wildman–Crippen MR) is 106 cm³/mol. The Labute approximate surface area is 166 Å². The molecule has 7 nitrogen and oxygen atoms in total. The topological polar surface area (TPSA) is 85.2 Å². The van der Waals surface area contributed by atoms with E-state index in [0.29, 0.717) is 22.1 Å². The average molecular weight is 397 g/mol. The molecule has 0 spiro atoms. The van der Waals surface area contributed by atoms with Gasteiger partial charge in [-0.1, -0.05) is 11.6 Å². The van der Waals surface area contributed by atoms with Crippen LogP contribution >= 0.6 is 11.6 Å². The maximum absolute atomic E-state index is 12.8. The number of fused-ring (bicyclic) bond motifs is 1. The van der Waals surface area contributed by atoms with Gasteiger partial charge in [0.05, 0.1) is 5.69 Å². The van der Waals surface area contributed by atoms with Gasteiger partial charge in [0.2, 0.25) is 0 Å². The Morgan fingerprint density at radius 2 is 2.00 bits per heavy atom. The Morgan fingerprint density at radius 1 is 1.25 bits per heavy atom. The molecule has 2 aromatic carbocycles. The van der Waals surface area contributed by atoms with Crippen LogP contribution in [0.4, 0.5) is 11.4 Å². The molecule has 0 fully saturated rings. The molecule has 4 rings (SSSR count). The van der Waals surface area contributed by atoms with Gasteiger partial charge in [-0.2, -0.15) is 0 Å². The Balaban J connectivity index is 1.54. The van der Waals surface area contributed by atoms with E-state index in [9.17, 15) is 9.59 Å². The molecule has 28 heavy (non-hydrogen) atoms. The molecule has 3 aromatic rings. The number of amides is 2. The third-order valence-electron chi connectivity index (χ3n) is 4.60. The zero-order valence-electron chi connectivity index (χ0n) is 15.2. The number of hydrogen-bond acceptors (Lipinski definition) is 4. The van der Waals surface area contributed by atoms with E-state index in [1.165, 1.54) is 6.92 Å². The van der Waals surface area contributed by atoms with Gasteiger partial charge in [0.1, 0.15) is 11.6 Å². The quantitative estimate of drug-likeness (QED) is 0.663. The summed E-state index contributed by atoms with van der Waals surface area (Å²) in [6, 6.07) is 12.0. The lowest BCUT2D eigenvalue weighted by Crippen LogP contribution is -2.56. The van der Waals surface area contributed by atoms with Crippen LogP contribution in [0.15, 0.2) is 54.9 Å². The molecule has 0 radical (unpaired) electrons. The summed E-state index contributed by atoms with van der Waals surface area (Å²) in [6.07, 6.45) is 3.57. The van der Waals surface area contributed by atoms with Crippen molar-refractivity contribution in [3.63, 3.8) is 0 Å². The fourth-order valence-corrected chi connectivity index (χ4v) is 3.12. The Kier molecular flexibility index (Phi) is 4.31. The molecular weight excluding hydrogens is 380 g/mol. The van der Waals surface area contributed by atoms with Gasteiger partial charge in [0, 0.05) is 28.8 Å². The minimum Gasteiger partial charge on any atom is -0.466 e. The molecule has 1 unspecified atom stereocenters. The number of benzene rings is 2. The number of nitrogens with zero attached hydrogens (tertiary/aromatic N) is 2. The third-order valence-corrected chi connectivity index (χ3v) is 4.83. The van der Waals surface area contributed by atoms with Crippen molar-refractivity contribution in [1.82, 2.24) is 9.55 Å². The van der Waals surface area contributed by atoms with Crippen molar-refractivity contribution < 1.29 is 14.3 Å². The molecule has 0 saturated heterocycles. The van der Waals surface area contributed by atoms with Gasteiger partial charge in [-0.25, -0.2) is 4.98 Å². The smallest absolute Gasteiger partial charge is 0.278 e. The first kappa shape index (κ1) is 18.1. The molecule has 0 aliphatic carbocycles. The number of ether oxygens (including phenoxy) is 1. The average Bonchev–Trinajstić information content (AvgIpc) is 3.09. The lowest BCUT2D eigenvalue weighted by Gasteiger charge is -2.33. The van der Waals surface area contributed by atoms with Crippen molar-refractivity contribution in [1.29, 1.82) is 0 Å². The number of carbonyl (C=O) groups excluding carboxylic acids is 2. The van der Waals surface area contributed by atoms with E-state index in [2.05, 4.69) is 15.6 Å². The fraction of sp³-hybridized carbons (Fsp3) is 0.150. The first-order valence-electron chi connectivity index (χ1n) is 8.59. The molecule has 8 heteroatoms. The van der Waals surface area contributed by atoms with Crippen LogP contribution in [-0.2, 0) is 9.59 Å². The van der Waals surface area contributed by atoms with Crippen molar-refractivity contribution >= 4 is 34.8 Å². The van der Waals surface area contributed by atoms with Gasteiger partial charge in [-0.05, 0) is 56.3 Å². The molecule has 1 atom stereocenters. The third kappa shape index (κ3) is 3.10. The molecule has 0 saturated carbocycles. The summed E-state index contributed by atoms with van der Waals surface area (Å²) < 4.78 is 7.65. The fourth-order valence-electron chi connectivity index (χ4n) is 2.95. The van der Waals surface area contributed by atoms with Gasteiger partial charge in [0.15, 0.2) is 0 Å². The molecule has 2 amide bonds. The monoisotopic (exact) mass is 396 g/mol. The first-order valence-corrected chi connectivity index (χ1v) is 8.96. The van der Waals surface area contributed by atoms with Crippen LogP contribution in [0, 0.1) is 6.92 Å². The maximum atomic E-state index is 12.8. The Hall–Kier alpha value is -3.32. The number of halogens is 1. The number of imidazole rings is 1. The summed E-state index contributed by atoms with van der Waals surface area (Å²) in [5, 5.41) is 5.87. The minimum absolute atomic E-state index is 0.382. The normalized spacial score (nSPS) is 18.0. The summed E-state index contributed by atoms with van der Waals surface area (Å²) in [5.41, 5.74) is 0.186. The molecule has 1 aromatic heterocycles. The largest absolute Gasteiger partial charge is 0.466 e. The van der Waals surface area contributed by atoms with Crippen LogP contribution in [-0.4, -0.2) is 27.0 Å². The number of aromatic nitrogens is 2. The van der Waals surface area contributed by atoms with Crippen molar-refractivity contribution in [2.75, 3.05) is 10.6 Å². The second-order valence-corrected chi connectivity index (χ2v) is 7.01. The van der Waals surface area contributed by atoms with E-state index in [4.69, 9.17) is 16.3 Å². The molecule has 0 bridgehead atoms. The molecule has 1 aliphatic rings. The molecule has 1 aliphatic heterocycles. The summed E-state index contributed by atoms with van der Waals surface area (Å²) in [5.74, 6) is 0.102. The van der Waals surface area contributed by atoms with Crippen LogP contribution in [0.1, 0.15) is 12.7 Å². The predicted octanol–water partition coefficient (Wildman–Crippen LogP) is 3.56. The Morgan fingerprint density at radius 3 is 2.68 bits per heavy atom. The first-order chi connectivity index (χ1) is 13.4. The zero-order chi connectivity index (χ0) is 19.9. The van der Waals surface area contributed by atoms with Crippen molar-refractivity contribution in [2.45, 2.75) is 19.4 Å². The standard InChI is InChI=1S/C20H17ClN4O3/c1-12-22-9-10-25(12)15-6-4-14(5-7-15)23-18(26)20(2)19(27)24-16-11-13(21)3-8-17(16)28-20/h3-11H,1-2H3,(H,23,26)(H,24,27).